The van der Waals surface area contributed by atoms with Gasteiger partial charge in [-0.15, -0.1) is 0 Å². The number of para-hydroxylation sites is 1. The van der Waals surface area contributed by atoms with Gasteiger partial charge in [0.2, 0.25) is 21.8 Å². The van der Waals surface area contributed by atoms with Crippen molar-refractivity contribution >= 4 is 39.1 Å². The van der Waals surface area contributed by atoms with Crippen molar-refractivity contribution in [1.29, 1.82) is 0 Å². The minimum absolute atomic E-state index is 0.0934. The van der Waals surface area contributed by atoms with E-state index in [1.807, 2.05) is 51.1 Å². The van der Waals surface area contributed by atoms with Crippen molar-refractivity contribution in [3.05, 3.63) is 89.4 Å². The maximum Gasteiger partial charge on any atom is 0.244 e. The number of hydrogen-bond donors (Lipinski definition) is 1. The highest BCUT2D eigenvalue weighted by Crippen LogP contribution is 2.26. The lowest BCUT2D eigenvalue weighted by Crippen LogP contribution is -2.54. The lowest BCUT2D eigenvalue weighted by molar-refractivity contribution is -0.140. The maximum atomic E-state index is 13.7. The van der Waals surface area contributed by atoms with E-state index in [-0.39, 0.29) is 12.5 Å². The number of rotatable bonds is 10. The summed E-state index contributed by atoms with van der Waals surface area (Å²) >= 11 is 6.01. The third-order valence-corrected chi connectivity index (χ3v) is 7.11. The van der Waals surface area contributed by atoms with Gasteiger partial charge in [-0.3, -0.25) is 13.9 Å². The van der Waals surface area contributed by atoms with E-state index >= 15 is 0 Å². The SMILES string of the molecule is C[C@H](C(=O)NC(C)(C)C)N(Cc1ccc(Cl)cc1)C(=O)CN(c1ccc(Oc2ccccc2)cc1)S(C)(=O)=O. The zero-order valence-corrected chi connectivity index (χ0v) is 24.3. The van der Waals surface area contributed by atoms with Gasteiger partial charge in [0.1, 0.15) is 24.1 Å². The molecule has 0 saturated carbocycles. The molecular weight excluding hydrogens is 538 g/mol. The summed E-state index contributed by atoms with van der Waals surface area (Å²) in [5.41, 5.74) is 0.531. The molecule has 0 bridgehead atoms. The van der Waals surface area contributed by atoms with Crippen LogP contribution >= 0.6 is 11.6 Å². The van der Waals surface area contributed by atoms with Gasteiger partial charge in [0.05, 0.1) is 11.9 Å². The number of ether oxygens (including phenoxy) is 1. The molecule has 0 aliphatic carbocycles. The van der Waals surface area contributed by atoms with E-state index in [9.17, 15) is 18.0 Å². The Morgan fingerprint density at radius 3 is 2.03 bits per heavy atom. The molecule has 0 aromatic heterocycles. The van der Waals surface area contributed by atoms with Crippen molar-refractivity contribution in [2.45, 2.75) is 45.8 Å². The van der Waals surface area contributed by atoms with E-state index in [1.165, 1.54) is 4.90 Å². The fourth-order valence-corrected chi connectivity index (χ4v) is 4.74. The van der Waals surface area contributed by atoms with Gasteiger partial charge < -0.3 is 15.0 Å². The fraction of sp³-hybridized carbons (Fsp3) is 0.310. The third-order valence-electron chi connectivity index (χ3n) is 5.71. The monoisotopic (exact) mass is 571 g/mol. The van der Waals surface area contributed by atoms with Gasteiger partial charge >= 0.3 is 0 Å². The second-order valence-corrected chi connectivity index (χ2v) is 12.6. The second-order valence-electron chi connectivity index (χ2n) is 10.2. The van der Waals surface area contributed by atoms with E-state index < -0.39 is 34.1 Å². The van der Waals surface area contributed by atoms with Gasteiger partial charge in [0.15, 0.2) is 0 Å². The number of hydrogen-bond acceptors (Lipinski definition) is 5. The number of nitrogens with one attached hydrogen (secondary N) is 1. The molecule has 10 heteroatoms. The predicted molar refractivity (Wildman–Crippen MR) is 155 cm³/mol. The van der Waals surface area contributed by atoms with Crippen LogP contribution in [-0.4, -0.2) is 49.5 Å². The molecule has 3 aromatic rings. The Balaban J connectivity index is 1.87. The molecule has 0 spiro atoms. The first-order valence-electron chi connectivity index (χ1n) is 12.4. The van der Waals surface area contributed by atoms with Crippen LogP contribution in [0.15, 0.2) is 78.9 Å². The van der Waals surface area contributed by atoms with Crippen molar-refractivity contribution in [2.24, 2.45) is 0 Å². The third kappa shape index (κ3) is 9.01. The average molecular weight is 572 g/mol. The molecule has 208 valence electrons. The molecule has 2 amide bonds. The Labute approximate surface area is 235 Å². The molecule has 0 aliphatic heterocycles. The summed E-state index contributed by atoms with van der Waals surface area (Å²) in [6.07, 6.45) is 1.04. The number of carbonyl (C=O) groups is 2. The number of nitrogens with zero attached hydrogens (tertiary/aromatic N) is 2. The predicted octanol–water partition coefficient (Wildman–Crippen LogP) is 5.23. The van der Waals surface area contributed by atoms with Crippen LogP contribution in [0.1, 0.15) is 33.3 Å². The lowest BCUT2D eigenvalue weighted by Gasteiger charge is -2.33. The van der Waals surface area contributed by atoms with E-state index in [4.69, 9.17) is 16.3 Å². The first-order valence-corrected chi connectivity index (χ1v) is 14.6. The van der Waals surface area contributed by atoms with Gasteiger partial charge in [-0.2, -0.15) is 0 Å². The molecular formula is C29H34ClN3O5S. The Morgan fingerprint density at radius 2 is 1.49 bits per heavy atom. The minimum Gasteiger partial charge on any atom is -0.457 e. The average Bonchev–Trinajstić information content (AvgIpc) is 2.86. The molecule has 39 heavy (non-hydrogen) atoms. The molecule has 8 nitrogen and oxygen atoms in total. The molecule has 0 fully saturated rings. The molecule has 0 heterocycles. The fourth-order valence-electron chi connectivity index (χ4n) is 3.76. The smallest absolute Gasteiger partial charge is 0.244 e. The largest absolute Gasteiger partial charge is 0.457 e. The molecule has 1 atom stereocenters. The van der Waals surface area contributed by atoms with Crippen LogP contribution in [0, 0.1) is 0 Å². The molecule has 3 rings (SSSR count). The Bertz CT molecular complexity index is 1370. The highest BCUT2D eigenvalue weighted by atomic mass is 35.5. The molecule has 3 aromatic carbocycles. The molecule has 0 radical (unpaired) electrons. The van der Waals surface area contributed by atoms with E-state index in [1.54, 1.807) is 55.5 Å². The molecule has 0 unspecified atom stereocenters. The molecule has 0 aliphatic rings. The van der Waals surface area contributed by atoms with E-state index in [0.717, 1.165) is 16.1 Å². The van der Waals surface area contributed by atoms with Crippen LogP contribution in [0.4, 0.5) is 5.69 Å². The number of amides is 2. The summed E-state index contributed by atoms with van der Waals surface area (Å²) in [5, 5.41) is 3.43. The quantitative estimate of drug-likeness (QED) is 0.359. The Hall–Kier alpha value is -3.56. The van der Waals surface area contributed by atoms with Crippen LogP contribution < -0.4 is 14.4 Å². The topological polar surface area (TPSA) is 96.0 Å². The summed E-state index contributed by atoms with van der Waals surface area (Å²) in [6, 6.07) is 21.7. The number of benzene rings is 3. The van der Waals surface area contributed by atoms with Crippen LogP contribution in [0.25, 0.3) is 0 Å². The van der Waals surface area contributed by atoms with Crippen LogP contribution in [-0.2, 0) is 26.2 Å². The van der Waals surface area contributed by atoms with Gasteiger partial charge in [-0.25, -0.2) is 8.42 Å². The highest BCUT2D eigenvalue weighted by molar-refractivity contribution is 7.92. The number of sulfonamides is 1. The zero-order chi connectivity index (χ0) is 28.8. The number of anilines is 1. The van der Waals surface area contributed by atoms with Gasteiger partial charge in [0.25, 0.3) is 0 Å². The summed E-state index contributed by atoms with van der Waals surface area (Å²) < 4.78 is 32.4. The van der Waals surface area contributed by atoms with Crippen molar-refractivity contribution in [3.63, 3.8) is 0 Å². The number of carbonyl (C=O) groups excluding carboxylic acids is 2. The highest BCUT2D eigenvalue weighted by Gasteiger charge is 2.31. The van der Waals surface area contributed by atoms with E-state index in [0.29, 0.717) is 22.2 Å². The van der Waals surface area contributed by atoms with Crippen molar-refractivity contribution in [3.8, 4) is 11.5 Å². The molecule has 0 saturated heterocycles. The Morgan fingerprint density at radius 1 is 0.923 bits per heavy atom. The van der Waals surface area contributed by atoms with Crippen LogP contribution in [0.5, 0.6) is 11.5 Å². The van der Waals surface area contributed by atoms with Gasteiger partial charge in [0, 0.05) is 17.1 Å². The normalized spacial score (nSPS) is 12.4. The zero-order valence-electron chi connectivity index (χ0n) is 22.7. The van der Waals surface area contributed by atoms with E-state index in [2.05, 4.69) is 5.32 Å². The standard InChI is InChI=1S/C29H34ClN3O5S/c1-21(28(35)31-29(2,3)4)32(19-22-11-13-23(30)14-12-22)27(34)20-33(39(5,36)37)24-15-17-26(18-16-24)38-25-9-7-6-8-10-25/h6-18,21H,19-20H2,1-5H3,(H,31,35)/t21-/m1/s1. The summed E-state index contributed by atoms with van der Waals surface area (Å²) in [5.74, 6) is 0.275. The summed E-state index contributed by atoms with van der Waals surface area (Å²) in [6.45, 7) is 6.77. The Kier molecular flexibility index (Phi) is 9.63. The van der Waals surface area contributed by atoms with Crippen LogP contribution in [0.2, 0.25) is 5.02 Å². The molecule has 1 N–H and O–H groups in total. The first-order chi connectivity index (χ1) is 18.2. The van der Waals surface area contributed by atoms with Gasteiger partial charge in [-0.1, -0.05) is 41.9 Å². The van der Waals surface area contributed by atoms with Crippen molar-refractivity contribution < 1.29 is 22.7 Å². The first kappa shape index (κ1) is 30.0. The summed E-state index contributed by atoms with van der Waals surface area (Å²) in [4.78, 5) is 28.0. The summed E-state index contributed by atoms with van der Waals surface area (Å²) in [7, 11) is -3.84. The second kappa shape index (κ2) is 12.5. The minimum atomic E-state index is -3.84. The maximum absolute atomic E-state index is 13.7. The van der Waals surface area contributed by atoms with Crippen molar-refractivity contribution in [2.75, 3.05) is 17.1 Å². The lowest BCUT2D eigenvalue weighted by atomic mass is 10.1. The van der Waals surface area contributed by atoms with Crippen molar-refractivity contribution in [1.82, 2.24) is 10.2 Å². The number of halogens is 1. The van der Waals surface area contributed by atoms with Crippen LogP contribution in [0.3, 0.4) is 0 Å². The van der Waals surface area contributed by atoms with Gasteiger partial charge in [-0.05, 0) is 81.8 Å².